The van der Waals surface area contributed by atoms with E-state index in [4.69, 9.17) is 10.4 Å². The molecule has 6 rings (SSSR count). The smallest absolute Gasteiger partial charge is 0.292 e. The second-order valence-corrected chi connectivity index (χ2v) is 9.04. The summed E-state index contributed by atoms with van der Waals surface area (Å²) in [7, 11) is 0. The van der Waals surface area contributed by atoms with Gasteiger partial charge in [0.05, 0.1) is 6.21 Å². The van der Waals surface area contributed by atoms with Gasteiger partial charge in [0, 0.05) is 12.1 Å². The molecule has 11 heteroatoms. The molecule has 1 aliphatic heterocycles. The van der Waals surface area contributed by atoms with Gasteiger partial charge in [-0.1, -0.05) is 60.2 Å². The van der Waals surface area contributed by atoms with Crippen molar-refractivity contribution in [3.05, 3.63) is 71.5 Å². The zero-order valence-electron chi connectivity index (χ0n) is 20.0. The Bertz CT molecular complexity index is 1560. The monoisotopic (exact) mass is 495 g/mol. The van der Waals surface area contributed by atoms with E-state index in [1.165, 1.54) is 11.1 Å². The Morgan fingerprint density at radius 3 is 2.41 bits per heavy atom. The van der Waals surface area contributed by atoms with Crippen LogP contribution in [0.3, 0.4) is 0 Å². The van der Waals surface area contributed by atoms with Gasteiger partial charge in [-0.15, -0.1) is 5.10 Å². The van der Waals surface area contributed by atoms with Crippen LogP contribution in [0.15, 0.2) is 64.3 Å². The van der Waals surface area contributed by atoms with Crippen LogP contribution in [-0.2, 0) is 6.54 Å². The fourth-order valence-corrected chi connectivity index (χ4v) is 4.86. The first-order valence-corrected chi connectivity index (χ1v) is 12.2. The summed E-state index contributed by atoms with van der Waals surface area (Å²) >= 11 is 0. The summed E-state index contributed by atoms with van der Waals surface area (Å²) in [5.74, 6) is -0.374. The molecule has 1 saturated heterocycles. The van der Waals surface area contributed by atoms with Crippen LogP contribution in [0.2, 0.25) is 0 Å². The number of rotatable bonds is 6. The molecule has 3 N–H and O–H groups in total. The van der Waals surface area contributed by atoms with Gasteiger partial charge >= 0.3 is 0 Å². The molecule has 0 aliphatic carbocycles. The SMILES string of the molecule is Nc1nonc1-n1nnc(CN2CCCCC2)c1C(=O)NN=Cc1c2ccccc2cc2ccccc12. The normalized spacial score (nSPS) is 14.6. The maximum absolute atomic E-state index is 13.4. The first-order chi connectivity index (χ1) is 18.2. The molecule has 0 unspecified atom stereocenters. The van der Waals surface area contributed by atoms with Crippen LogP contribution in [0.1, 0.15) is 41.0 Å². The van der Waals surface area contributed by atoms with Crippen LogP contribution in [0, 0.1) is 0 Å². The van der Waals surface area contributed by atoms with Crippen molar-refractivity contribution in [2.24, 2.45) is 5.10 Å². The number of hydrogen-bond acceptors (Lipinski definition) is 9. The van der Waals surface area contributed by atoms with Gasteiger partial charge in [-0.25, -0.2) is 10.1 Å². The molecule has 1 aliphatic rings. The quantitative estimate of drug-likeness (QED) is 0.208. The number of carbonyl (C=O) groups excluding carboxylic acids is 1. The van der Waals surface area contributed by atoms with Gasteiger partial charge in [0.15, 0.2) is 5.69 Å². The summed E-state index contributed by atoms with van der Waals surface area (Å²) in [6.45, 7) is 2.35. The number of fused-ring (bicyclic) bond motifs is 2. The van der Waals surface area contributed by atoms with Crippen molar-refractivity contribution in [2.45, 2.75) is 25.8 Å². The number of anilines is 1. The molecule has 0 bridgehead atoms. The highest BCUT2D eigenvalue weighted by Gasteiger charge is 2.26. The van der Waals surface area contributed by atoms with Gasteiger partial charge < -0.3 is 5.73 Å². The molecule has 11 nitrogen and oxygen atoms in total. The van der Waals surface area contributed by atoms with Crippen molar-refractivity contribution in [2.75, 3.05) is 18.8 Å². The van der Waals surface area contributed by atoms with Crippen molar-refractivity contribution in [1.82, 2.24) is 35.6 Å². The third-order valence-electron chi connectivity index (χ3n) is 6.65. The first-order valence-electron chi connectivity index (χ1n) is 12.2. The number of carbonyl (C=O) groups is 1. The number of nitrogen functional groups attached to an aromatic ring is 1. The Hall–Kier alpha value is -4.64. The second-order valence-electron chi connectivity index (χ2n) is 9.04. The van der Waals surface area contributed by atoms with Crippen molar-refractivity contribution < 1.29 is 9.42 Å². The number of hydrogen-bond donors (Lipinski definition) is 2. The summed E-state index contributed by atoms with van der Waals surface area (Å²) in [5, 5.41) is 24.4. The molecule has 3 heterocycles. The zero-order valence-corrected chi connectivity index (χ0v) is 20.0. The van der Waals surface area contributed by atoms with Crippen LogP contribution in [0.25, 0.3) is 27.4 Å². The van der Waals surface area contributed by atoms with E-state index in [9.17, 15) is 4.79 Å². The standard InChI is InChI=1S/C26H25N9O2/c27-24-25(32-37-31-24)35-23(22(29-33-35)16-34-12-6-1-7-13-34)26(36)30-28-15-21-19-10-4-2-8-17(19)14-18-9-3-5-11-20(18)21/h2-5,8-11,14-15H,1,6-7,12-13,16H2,(H2,27,31)(H,30,36). The van der Waals surface area contributed by atoms with Crippen LogP contribution in [0.4, 0.5) is 5.82 Å². The minimum atomic E-state index is -0.486. The van der Waals surface area contributed by atoms with E-state index in [1.54, 1.807) is 6.21 Å². The summed E-state index contributed by atoms with van der Waals surface area (Å²) in [6.07, 6.45) is 5.10. The number of likely N-dealkylation sites (tertiary alicyclic amines) is 1. The highest BCUT2D eigenvalue weighted by molar-refractivity contribution is 6.13. The molecule has 0 atom stereocenters. The molecule has 0 saturated carbocycles. The van der Waals surface area contributed by atoms with E-state index in [-0.39, 0.29) is 17.3 Å². The van der Waals surface area contributed by atoms with Crippen LogP contribution in [0.5, 0.6) is 0 Å². The number of nitrogens with one attached hydrogen (secondary N) is 1. The van der Waals surface area contributed by atoms with Gasteiger partial charge in [-0.2, -0.15) is 9.78 Å². The van der Waals surface area contributed by atoms with E-state index in [0.29, 0.717) is 12.2 Å². The molecule has 1 amide bonds. The Morgan fingerprint density at radius 1 is 1.03 bits per heavy atom. The third-order valence-corrected chi connectivity index (χ3v) is 6.65. The van der Waals surface area contributed by atoms with Gasteiger partial charge in [-0.05, 0) is 63.9 Å². The highest BCUT2D eigenvalue weighted by Crippen LogP contribution is 2.27. The molecule has 0 radical (unpaired) electrons. The first kappa shape index (κ1) is 22.8. The van der Waals surface area contributed by atoms with E-state index in [2.05, 4.69) is 54.3 Å². The van der Waals surface area contributed by atoms with Crippen molar-refractivity contribution >= 4 is 39.5 Å². The summed E-state index contributed by atoms with van der Waals surface area (Å²) in [6, 6.07) is 18.3. The van der Waals surface area contributed by atoms with E-state index in [0.717, 1.165) is 53.0 Å². The predicted molar refractivity (Wildman–Crippen MR) is 139 cm³/mol. The van der Waals surface area contributed by atoms with Crippen molar-refractivity contribution in [3.63, 3.8) is 0 Å². The topological polar surface area (TPSA) is 140 Å². The summed E-state index contributed by atoms with van der Waals surface area (Å²) in [4.78, 5) is 15.7. The summed E-state index contributed by atoms with van der Waals surface area (Å²) < 4.78 is 5.98. The molecule has 2 aromatic heterocycles. The highest BCUT2D eigenvalue weighted by atomic mass is 16.6. The lowest BCUT2D eigenvalue weighted by molar-refractivity contribution is 0.0944. The molecule has 37 heavy (non-hydrogen) atoms. The number of aromatic nitrogens is 5. The number of benzene rings is 3. The Labute approximate surface area is 211 Å². The minimum Gasteiger partial charge on any atom is -0.378 e. The lowest BCUT2D eigenvalue weighted by Crippen LogP contribution is -2.31. The molecule has 0 spiro atoms. The Balaban J connectivity index is 1.34. The van der Waals surface area contributed by atoms with Crippen molar-refractivity contribution in [1.29, 1.82) is 0 Å². The zero-order chi connectivity index (χ0) is 25.2. The van der Waals surface area contributed by atoms with E-state index >= 15 is 0 Å². The lowest BCUT2D eigenvalue weighted by atomic mass is 9.97. The summed E-state index contributed by atoms with van der Waals surface area (Å²) in [5.41, 5.74) is 10.2. The minimum absolute atomic E-state index is 0.00852. The van der Waals surface area contributed by atoms with Gasteiger partial charge in [0.1, 0.15) is 5.69 Å². The fraction of sp³-hybridized carbons (Fsp3) is 0.231. The molecule has 3 aromatic carbocycles. The lowest BCUT2D eigenvalue weighted by Gasteiger charge is -2.25. The number of nitrogens with zero attached hydrogens (tertiary/aromatic N) is 7. The Kier molecular flexibility index (Phi) is 6.03. The number of nitrogens with two attached hydrogens (primary N) is 1. The maximum Gasteiger partial charge on any atom is 0.292 e. The van der Waals surface area contributed by atoms with Crippen LogP contribution in [-0.4, -0.2) is 55.4 Å². The third kappa shape index (κ3) is 4.40. The van der Waals surface area contributed by atoms with E-state index in [1.807, 2.05) is 36.4 Å². The number of amides is 1. The van der Waals surface area contributed by atoms with Gasteiger partial charge in [-0.3, -0.25) is 9.69 Å². The maximum atomic E-state index is 13.4. The molecule has 1 fully saturated rings. The fourth-order valence-electron chi connectivity index (χ4n) is 4.86. The van der Waals surface area contributed by atoms with Crippen LogP contribution < -0.4 is 11.2 Å². The molecular formula is C26H25N9O2. The molecule has 5 aromatic rings. The van der Waals surface area contributed by atoms with Gasteiger partial charge in [0.25, 0.3) is 5.91 Å². The predicted octanol–water partition coefficient (Wildman–Crippen LogP) is 3.29. The second kappa shape index (κ2) is 9.78. The largest absolute Gasteiger partial charge is 0.378 e. The van der Waals surface area contributed by atoms with Crippen molar-refractivity contribution in [3.8, 4) is 5.82 Å². The number of hydrazone groups is 1. The van der Waals surface area contributed by atoms with Crippen LogP contribution >= 0.6 is 0 Å². The molecule has 186 valence electrons. The van der Waals surface area contributed by atoms with Gasteiger partial charge in [0.2, 0.25) is 11.6 Å². The molecular weight excluding hydrogens is 470 g/mol. The average Bonchev–Trinajstić information content (AvgIpc) is 3.54. The Morgan fingerprint density at radius 2 is 1.73 bits per heavy atom. The average molecular weight is 496 g/mol. The van der Waals surface area contributed by atoms with E-state index < -0.39 is 5.91 Å². The number of piperidine rings is 1.